The van der Waals surface area contributed by atoms with Gasteiger partial charge in [0.2, 0.25) is 5.91 Å². The number of nitrogens with one attached hydrogen (secondary N) is 1. The third kappa shape index (κ3) is 6.66. The molecule has 198 valence electrons. The molecule has 8 nitrogen and oxygen atoms in total. The number of esters is 1. The molecule has 0 saturated carbocycles. The molecule has 0 fully saturated rings. The lowest BCUT2D eigenvalue weighted by atomic mass is 9.95. The zero-order valence-corrected chi connectivity index (χ0v) is 23.8. The van der Waals surface area contributed by atoms with E-state index in [0.29, 0.717) is 38.9 Å². The standard InChI is InChI=1S/C26H31ClN4O4S2/c1-5-31-23(16(4)35-18-10-8-9-17(27)13-18)29-30-26(31)36-14-21(32)28-24-22(25(33)34-15(2)3)19-11-6-7-12-20(19)37-24/h8-10,13,15-16H,5-7,11-12,14H2,1-4H3,(H,28,32). The van der Waals surface area contributed by atoms with Crippen molar-refractivity contribution in [3.63, 3.8) is 0 Å². The summed E-state index contributed by atoms with van der Waals surface area (Å²) in [6.07, 6.45) is 3.28. The number of hydrogen-bond acceptors (Lipinski definition) is 8. The van der Waals surface area contributed by atoms with Crippen LogP contribution >= 0.6 is 34.7 Å². The Bertz CT molecular complexity index is 1270. The van der Waals surface area contributed by atoms with Gasteiger partial charge in [0.1, 0.15) is 10.8 Å². The number of ether oxygens (including phenoxy) is 2. The molecule has 1 N–H and O–H groups in total. The summed E-state index contributed by atoms with van der Waals surface area (Å²) < 4.78 is 13.4. The molecular formula is C26H31ClN4O4S2. The SMILES string of the molecule is CCn1c(SCC(=O)Nc2sc3c(c2C(=O)OC(C)C)CCCC3)nnc1C(C)Oc1cccc(Cl)c1. The Morgan fingerprint density at radius 2 is 2.00 bits per heavy atom. The van der Waals surface area contributed by atoms with Gasteiger partial charge in [-0.05, 0) is 77.1 Å². The molecule has 11 heteroatoms. The van der Waals surface area contributed by atoms with Crippen molar-refractivity contribution in [2.75, 3.05) is 11.1 Å². The summed E-state index contributed by atoms with van der Waals surface area (Å²) in [5.41, 5.74) is 1.53. The van der Waals surface area contributed by atoms with Crippen molar-refractivity contribution in [2.45, 2.75) is 77.3 Å². The molecule has 1 atom stereocenters. The van der Waals surface area contributed by atoms with Crippen molar-refractivity contribution < 1.29 is 19.1 Å². The van der Waals surface area contributed by atoms with Crippen LogP contribution < -0.4 is 10.1 Å². The third-order valence-electron chi connectivity index (χ3n) is 5.84. The third-order valence-corrected chi connectivity index (χ3v) is 8.25. The smallest absolute Gasteiger partial charge is 0.341 e. The number of aryl methyl sites for hydroxylation is 1. The van der Waals surface area contributed by atoms with Crippen LogP contribution in [0.1, 0.15) is 73.3 Å². The number of benzene rings is 1. The van der Waals surface area contributed by atoms with Gasteiger partial charge in [-0.2, -0.15) is 0 Å². The molecule has 2 aromatic heterocycles. The number of carbonyl (C=O) groups is 2. The van der Waals surface area contributed by atoms with Crippen molar-refractivity contribution in [2.24, 2.45) is 0 Å². The van der Waals surface area contributed by atoms with E-state index in [2.05, 4.69) is 15.5 Å². The number of rotatable bonds is 10. The van der Waals surface area contributed by atoms with E-state index in [4.69, 9.17) is 21.1 Å². The van der Waals surface area contributed by atoms with Crippen LogP contribution in [-0.4, -0.2) is 38.5 Å². The number of anilines is 1. The molecule has 1 aliphatic carbocycles. The van der Waals surface area contributed by atoms with Gasteiger partial charge in [-0.25, -0.2) is 4.79 Å². The van der Waals surface area contributed by atoms with E-state index in [1.165, 1.54) is 23.1 Å². The van der Waals surface area contributed by atoms with Crippen LogP contribution in [-0.2, 0) is 28.9 Å². The van der Waals surface area contributed by atoms with Gasteiger partial charge in [0.15, 0.2) is 17.1 Å². The number of thiophene rings is 1. The minimum Gasteiger partial charge on any atom is -0.483 e. The summed E-state index contributed by atoms with van der Waals surface area (Å²) in [7, 11) is 0. The Morgan fingerprint density at radius 1 is 1.22 bits per heavy atom. The van der Waals surface area contributed by atoms with E-state index in [1.54, 1.807) is 12.1 Å². The lowest BCUT2D eigenvalue weighted by Crippen LogP contribution is -2.19. The second-order valence-corrected chi connectivity index (χ2v) is 11.5. The second kappa shape index (κ2) is 12.3. The normalized spacial score (nSPS) is 13.8. The fourth-order valence-corrected chi connectivity index (χ4v) is 6.52. The van der Waals surface area contributed by atoms with E-state index < -0.39 is 0 Å². The quantitative estimate of drug-likeness (QED) is 0.228. The Hall–Kier alpha value is -2.56. The molecule has 4 rings (SSSR count). The number of fused-ring (bicyclic) bond motifs is 1. The lowest BCUT2D eigenvalue weighted by molar-refractivity contribution is -0.113. The summed E-state index contributed by atoms with van der Waals surface area (Å²) in [5.74, 6) is 0.849. The number of amides is 1. The Labute approximate surface area is 230 Å². The highest BCUT2D eigenvalue weighted by molar-refractivity contribution is 7.99. The second-order valence-electron chi connectivity index (χ2n) is 9.01. The number of hydrogen-bond donors (Lipinski definition) is 1. The molecule has 1 amide bonds. The number of halogens is 1. The monoisotopic (exact) mass is 562 g/mol. The summed E-state index contributed by atoms with van der Waals surface area (Å²) in [4.78, 5) is 27.0. The van der Waals surface area contributed by atoms with Crippen molar-refractivity contribution in [1.82, 2.24) is 14.8 Å². The fraction of sp³-hybridized carbons (Fsp3) is 0.462. The van der Waals surface area contributed by atoms with Gasteiger partial charge in [0.05, 0.1) is 17.4 Å². The molecule has 2 heterocycles. The van der Waals surface area contributed by atoms with Crippen LogP contribution in [0.5, 0.6) is 5.75 Å². The van der Waals surface area contributed by atoms with Gasteiger partial charge in [-0.15, -0.1) is 21.5 Å². The summed E-state index contributed by atoms with van der Waals surface area (Å²) in [6.45, 7) is 8.16. The Kier molecular flexibility index (Phi) is 9.15. The summed E-state index contributed by atoms with van der Waals surface area (Å²) >= 11 is 8.84. The van der Waals surface area contributed by atoms with Crippen LogP contribution in [0.25, 0.3) is 0 Å². The molecule has 3 aromatic rings. The fourth-order valence-electron chi connectivity index (χ4n) is 4.24. The van der Waals surface area contributed by atoms with Crippen LogP contribution in [0.2, 0.25) is 5.02 Å². The van der Waals surface area contributed by atoms with Gasteiger partial charge in [0.25, 0.3) is 0 Å². The van der Waals surface area contributed by atoms with Gasteiger partial charge in [-0.3, -0.25) is 4.79 Å². The minimum atomic E-state index is -0.374. The molecule has 1 aromatic carbocycles. The molecule has 1 unspecified atom stereocenters. The van der Waals surface area contributed by atoms with Gasteiger partial charge >= 0.3 is 5.97 Å². The van der Waals surface area contributed by atoms with Gasteiger partial charge in [-0.1, -0.05) is 29.4 Å². The number of thioether (sulfide) groups is 1. The maximum absolute atomic E-state index is 12.9. The number of aromatic nitrogens is 3. The zero-order chi connectivity index (χ0) is 26.5. The summed E-state index contributed by atoms with van der Waals surface area (Å²) in [6, 6.07) is 7.20. The molecule has 0 bridgehead atoms. The van der Waals surface area contributed by atoms with Crippen molar-refractivity contribution in [1.29, 1.82) is 0 Å². The number of nitrogens with zero attached hydrogens (tertiary/aromatic N) is 3. The van der Waals surface area contributed by atoms with Crippen molar-refractivity contribution in [3.05, 3.63) is 51.1 Å². The van der Waals surface area contributed by atoms with E-state index in [9.17, 15) is 9.59 Å². The maximum Gasteiger partial charge on any atom is 0.341 e. The highest BCUT2D eigenvalue weighted by atomic mass is 35.5. The van der Waals surface area contributed by atoms with E-state index in [1.807, 2.05) is 44.4 Å². The van der Waals surface area contributed by atoms with E-state index in [-0.39, 0.29) is 29.8 Å². The van der Waals surface area contributed by atoms with Crippen LogP contribution in [0, 0.1) is 0 Å². The van der Waals surface area contributed by atoms with Crippen LogP contribution in [0.3, 0.4) is 0 Å². The Morgan fingerprint density at radius 3 is 2.73 bits per heavy atom. The first-order chi connectivity index (χ1) is 17.8. The van der Waals surface area contributed by atoms with Crippen LogP contribution in [0.4, 0.5) is 5.00 Å². The molecule has 0 spiro atoms. The van der Waals surface area contributed by atoms with Crippen molar-refractivity contribution in [3.8, 4) is 5.75 Å². The first kappa shape index (κ1) is 27.5. The molecular weight excluding hydrogens is 532 g/mol. The molecule has 37 heavy (non-hydrogen) atoms. The lowest BCUT2D eigenvalue weighted by Gasteiger charge is -2.15. The first-order valence-corrected chi connectivity index (χ1v) is 14.6. The molecule has 0 saturated heterocycles. The van der Waals surface area contributed by atoms with Gasteiger partial charge < -0.3 is 19.4 Å². The molecule has 0 radical (unpaired) electrons. The summed E-state index contributed by atoms with van der Waals surface area (Å²) in [5, 5.41) is 13.4. The molecule has 0 aliphatic heterocycles. The minimum absolute atomic E-state index is 0.128. The average Bonchev–Trinajstić information content (AvgIpc) is 3.43. The predicted octanol–water partition coefficient (Wildman–Crippen LogP) is 6.33. The zero-order valence-electron chi connectivity index (χ0n) is 21.4. The highest BCUT2D eigenvalue weighted by Crippen LogP contribution is 2.39. The Balaban J connectivity index is 1.44. The first-order valence-electron chi connectivity index (χ1n) is 12.4. The van der Waals surface area contributed by atoms with Crippen LogP contribution in [0.15, 0.2) is 29.4 Å². The average molecular weight is 563 g/mol. The van der Waals surface area contributed by atoms with Gasteiger partial charge in [0, 0.05) is 16.4 Å². The molecule has 1 aliphatic rings. The largest absolute Gasteiger partial charge is 0.483 e. The topological polar surface area (TPSA) is 95.3 Å². The highest BCUT2D eigenvalue weighted by Gasteiger charge is 2.28. The number of carbonyl (C=O) groups excluding carboxylic acids is 2. The van der Waals surface area contributed by atoms with Crippen molar-refractivity contribution >= 4 is 51.6 Å². The maximum atomic E-state index is 12.9. The van der Waals surface area contributed by atoms with E-state index >= 15 is 0 Å². The predicted molar refractivity (Wildman–Crippen MR) is 147 cm³/mol. The van der Waals surface area contributed by atoms with E-state index in [0.717, 1.165) is 36.1 Å².